The lowest BCUT2D eigenvalue weighted by molar-refractivity contribution is 0.0511. The molecule has 3 rings (SSSR count). The van der Waals surface area contributed by atoms with Crippen LogP contribution in [0.4, 0.5) is 23.5 Å². The van der Waals surface area contributed by atoms with Gasteiger partial charge in [0.1, 0.15) is 0 Å². The number of carbonyl (C=O) groups is 2. The van der Waals surface area contributed by atoms with Crippen LogP contribution in [0.1, 0.15) is 27.6 Å². The SMILES string of the molecule is C/C=C(\C=C/CN=[N+]=[N-])Nc1nc(NCCOCCOCCNC(=O)c2ccccc2)nc(Nc2ccc(C(=O)NCCOCCOCCN=[N+]=[N-])cc2)n1. The summed E-state index contributed by atoms with van der Waals surface area (Å²) < 4.78 is 21.9. The van der Waals surface area contributed by atoms with Gasteiger partial charge in [-0.15, -0.1) is 0 Å². The molecule has 0 spiro atoms. The summed E-state index contributed by atoms with van der Waals surface area (Å²) in [7, 11) is 0. The Morgan fingerprint density at radius 3 is 1.87 bits per heavy atom. The highest BCUT2D eigenvalue weighted by Crippen LogP contribution is 2.18. The normalized spacial score (nSPS) is 11.0. The molecule has 1 aromatic heterocycles. The van der Waals surface area contributed by atoms with E-state index >= 15 is 0 Å². The Morgan fingerprint density at radius 1 is 0.691 bits per heavy atom. The number of benzene rings is 2. The number of aromatic nitrogens is 3. The highest BCUT2D eigenvalue weighted by molar-refractivity contribution is 5.94. The summed E-state index contributed by atoms with van der Waals surface area (Å²) in [6.07, 6.45) is 5.25. The summed E-state index contributed by atoms with van der Waals surface area (Å²) >= 11 is 0. The number of hydrogen-bond donors (Lipinski definition) is 5. The van der Waals surface area contributed by atoms with Gasteiger partial charge in [-0.05, 0) is 60.5 Å². The summed E-state index contributed by atoms with van der Waals surface area (Å²) in [5.74, 6) is 0.349. The predicted molar refractivity (Wildman–Crippen MR) is 207 cm³/mol. The summed E-state index contributed by atoms with van der Waals surface area (Å²) in [6, 6.07) is 15.8. The van der Waals surface area contributed by atoms with Crippen molar-refractivity contribution in [2.75, 3.05) is 102 Å². The van der Waals surface area contributed by atoms with Crippen molar-refractivity contribution in [2.45, 2.75) is 6.92 Å². The van der Waals surface area contributed by atoms with Crippen molar-refractivity contribution in [2.24, 2.45) is 10.2 Å². The van der Waals surface area contributed by atoms with Crippen molar-refractivity contribution in [3.63, 3.8) is 0 Å². The Morgan fingerprint density at radius 2 is 1.25 bits per heavy atom. The topological polar surface area (TPSA) is 267 Å². The fourth-order valence-corrected chi connectivity index (χ4v) is 4.30. The number of amides is 2. The third kappa shape index (κ3) is 18.9. The highest BCUT2D eigenvalue weighted by Gasteiger charge is 2.10. The van der Waals surface area contributed by atoms with Crippen LogP contribution in [0.3, 0.4) is 0 Å². The van der Waals surface area contributed by atoms with Crippen LogP contribution < -0.4 is 26.6 Å². The lowest BCUT2D eigenvalue weighted by atomic mass is 10.2. The average molecular weight is 759 g/mol. The lowest BCUT2D eigenvalue weighted by Crippen LogP contribution is -2.27. The summed E-state index contributed by atoms with van der Waals surface area (Å²) in [5.41, 5.74) is 19.1. The molecule has 2 aromatic carbocycles. The fourth-order valence-electron chi connectivity index (χ4n) is 4.30. The second kappa shape index (κ2) is 27.4. The minimum atomic E-state index is -0.257. The van der Waals surface area contributed by atoms with E-state index in [9.17, 15) is 9.59 Å². The van der Waals surface area contributed by atoms with Crippen molar-refractivity contribution in [3.8, 4) is 0 Å². The molecule has 0 saturated carbocycles. The molecule has 1 heterocycles. The minimum Gasteiger partial charge on any atom is -0.379 e. The third-order valence-electron chi connectivity index (χ3n) is 6.93. The zero-order chi connectivity index (χ0) is 39.2. The molecule has 55 heavy (non-hydrogen) atoms. The second-order valence-corrected chi connectivity index (χ2v) is 10.9. The number of ether oxygens (including phenoxy) is 4. The van der Waals surface area contributed by atoms with Gasteiger partial charge in [0.2, 0.25) is 17.8 Å². The number of nitrogens with one attached hydrogen (secondary N) is 5. The van der Waals surface area contributed by atoms with E-state index in [4.69, 9.17) is 30.0 Å². The summed E-state index contributed by atoms with van der Waals surface area (Å²) in [6.45, 7) is 6.15. The van der Waals surface area contributed by atoms with Gasteiger partial charge >= 0.3 is 0 Å². The molecule has 0 fully saturated rings. The third-order valence-corrected chi connectivity index (χ3v) is 6.93. The maximum absolute atomic E-state index is 12.6. The molecule has 2 amide bonds. The summed E-state index contributed by atoms with van der Waals surface area (Å²) in [4.78, 5) is 43.5. The Hall–Kier alpha value is -6.27. The molecule has 0 atom stereocenters. The molecule has 5 N–H and O–H groups in total. The molecule has 292 valence electrons. The number of nitrogens with zero attached hydrogens (tertiary/aromatic N) is 9. The first-order valence-corrected chi connectivity index (χ1v) is 17.4. The largest absolute Gasteiger partial charge is 0.379 e. The first-order valence-electron chi connectivity index (χ1n) is 17.4. The van der Waals surface area contributed by atoms with Crippen molar-refractivity contribution in [3.05, 3.63) is 111 Å². The molecule has 0 radical (unpaired) electrons. The molecule has 20 nitrogen and oxygen atoms in total. The zero-order valence-electron chi connectivity index (χ0n) is 30.6. The van der Waals surface area contributed by atoms with Gasteiger partial charge in [-0.3, -0.25) is 9.59 Å². The molecule has 0 aliphatic carbocycles. The number of carbonyl (C=O) groups excluding carboxylic acids is 2. The highest BCUT2D eigenvalue weighted by atomic mass is 16.5. The molecular formula is C35H46N14O6. The first-order chi connectivity index (χ1) is 27.0. The number of rotatable bonds is 28. The molecule has 0 saturated heterocycles. The number of azide groups is 2. The van der Waals surface area contributed by atoms with E-state index in [0.717, 1.165) is 0 Å². The number of hydrogen-bond acceptors (Lipinski definition) is 14. The van der Waals surface area contributed by atoms with Gasteiger partial charge in [-0.25, -0.2) is 0 Å². The smallest absolute Gasteiger partial charge is 0.251 e. The van der Waals surface area contributed by atoms with Crippen LogP contribution in [-0.4, -0.2) is 112 Å². The number of allylic oxidation sites excluding steroid dienone is 2. The minimum absolute atomic E-state index is 0.150. The Labute approximate surface area is 318 Å². The van der Waals surface area contributed by atoms with E-state index < -0.39 is 0 Å². The molecule has 0 unspecified atom stereocenters. The first kappa shape index (κ1) is 43.1. The average Bonchev–Trinajstić information content (AvgIpc) is 3.20. The van der Waals surface area contributed by atoms with Crippen molar-refractivity contribution in [1.29, 1.82) is 0 Å². The van der Waals surface area contributed by atoms with E-state index in [1.807, 2.05) is 31.2 Å². The van der Waals surface area contributed by atoms with Gasteiger partial charge < -0.3 is 45.5 Å². The fraction of sp³-hybridized carbons (Fsp3) is 0.400. The van der Waals surface area contributed by atoms with Crippen LogP contribution in [0.5, 0.6) is 0 Å². The van der Waals surface area contributed by atoms with Crippen molar-refractivity contribution < 1.29 is 28.5 Å². The molecule has 3 aromatic rings. The van der Waals surface area contributed by atoms with Gasteiger partial charge in [-0.2, -0.15) is 15.0 Å². The molecule has 0 bridgehead atoms. The van der Waals surface area contributed by atoms with Crippen molar-refractivity contribution >= 4 is 35.3 Å². The predicted octanol–water partition coefficient (Wildman–Crippen LogP) is 4.75. The van der Waals surface area contributed by atoms with E-state index in [0.29, 0.717) is 95.0 Å². The second-order valence-electron chi connectivity index (χ2n) is 10.9. The van der Waals surface area contributed by atoms with Crippen LogP contribution in [-0.2, 0) is 18.9 Å². The molecule has 20 heteroatoms. The van der Waals surface area contributed by atoms with E-state index in [1.165, 1.54) is 0 Å². The number of anilines is 4. The summed E-state index contributed by atoms with van der Waals surface area (Å²) in [5, 5.41) is 21.9. The van der Waals surface area contributed by atoms with E-state index in [1.54, 1.807) is 48.6 Å². The van der Waals surface area contributed by atoms with Crippen molar-refractivity contribution in [1.82, 2.24) is 25.6 Å². The van der Waals surface area contributed by atoms with Crippen LogP contribution in [0.2, 0.25) is 0 Å². The Bertz CT molecular complexity index is 1750. The van der Waals surface area contributed by atoms with Crippen LogP contribution >= 0.6 is 0 Å². The maximum Gasteiger partial charge on any atom is 0.251 e. The quantitative estimate of drug-likeness (QED) is 0.0221. The van der Waals surface area contributed by atoms with Gasteiger partial charge in [0, 0.05) is 65.1 Å². The van der Waals surface area contributed by atoms with Gasteiger partial charge in [0.15, 0.2) is 0 Å². The van der Waals surface area contributed by atoms with Gasteiger partial charge in [-0.1, -0.05) is 40.6 Å². The Balaban J connectivity index is 1.47. The van der Waals surface area contributed by atoms with Gasteiger partial charge in [0.05, 0.1) is 52.9 Å². The maximum atomic E-state index is 12.6. The Kier molecular flexibility index (Phi) is 21.5. The standard InChI is InChI=1S/C35H46N14O6/c1-2-29(9-6-14-41-48-36)43-34-45-33(40-17-21-54-24-23-52-19-15-38-31(50)27-7-4-3-5-8-27)46-35(47-34)44-30-12-10-28(11-13-30)32(51)39-16-20-53-25-26-55-22-18-42-49-37/h2-13H,14-26H2,1H3,(H,38,50)(H,39,51)(H3,40,43,44,45,46,47)/b9-6-,29-2+. The molecule has 0 aliphatic rings. The van der Waals surface area contributed by atoms with Gasteiger partial charge in [0.25, 0.3) is 11.8 Å². The molecule has 0 aliphatic heterocycles. The van der Waals surface area contributed by atoms with E-state index in [2.05, 4.69) is 61.6 Å². The van der Waals surface area contributed by atoms with E-state index in [-0.39, 0.29) is 42.7 Å². The van der Waals surface area contributed by atoms with Crippen LogP contribution in [0, 0.1) is 0 Å². The monoisotopic (exact) mass is 758 g/mol. The van der Waals surface area contributed by atoms with Crippen LogP contribution in [0.15, 0.2) is 88.8 Å². The molecular weight excluding hydrogens is 712 g/mol. The van der Waals surface area contributed by atoms with Crippen LogP contribution in [0.25, 0.3) is 20.9 Å². The zero-order valence-corrected chi connectivity index (χ0v) is 30.6. The lowest BCUT2D eigenvalue weighted by Gasteiger charge is -2.12.